The Morgan fingerprint density at radius 3 is 2.56 bits per heavy atom. The molecule has 0 aliphatic carbocycles. The second-order valence-corrected chi connectivity index (χ2v) is 7.36. The molecule has 0 saturated carbocycles. The summed E-state index contributed by atoms with van der Waals surface area (Å²) in [5.74, 6) is -1.87. The number of non-ortho nitro benzene ring substituents is 1. The van der Waals surface area contributed by atoms with Gasteiger partial charge in [-0.15, -0.1) is 0 Å². The van der Waals surface area contributed by atoms with Gasteiger partial charge in [0.25, 0.3) is 17.4 Å². The number of nitro groups is 1. The van der Waals surface area contributed by atoms with E-state index in [-0.39, 0.29) is 23.6 Å². The number of imidazole rings is 1. The van der Waals surface area contributed by atoms with Gasteiger partial charge in [0.05, 0.1) is 22.9 Å². The lowest BCUT2D eigenvalue weighted by atomic mass is 9.95. The van der Waals surface area contributed by atoms with Crippen molar-refractivity contribution in [2.45, 2.75) is 19.0 Å². The van der Waals surface area contributed by atoms with E-state index >= 15 is 0 Å². The minimum atomic E-state index is -0.933. The number of aliphatic hydroxyl groups is 1. The van der Waals surface area contributed by atoms with Crippen molar-refractivity contribution in [3.05, 3.63) is 100 Å². The monoisotopic (exact) mass is 432 g/mol. The number of Topliss-reactive ketones (excluding diaryl/α,β-unsaturated/α-hetero) is 1. The summed E-state index contributed by atoms with van der Waals surface area (Å²) < 4.78 is 1.85. The molecule has 0 spiro atoms. The summed E-state index contributed by atoms with van der Waals surface area (Å²) in [6.45, 7) is 0.797. The van der Waals surface area contributed by atoms with Crippen LogP contribution in [0, 0.1) is 10.1 Å². The number of aromatic nitrogens is 2. The van der Waals surface area contributed by atoms with Gasteiger partial charge in [0, 0.05) is 43.2 Å². The first-order chi connectivity index (χ1) is 15.5. The van der Waals surface area contributed by atoms with Crippen LogP contribution in [-0.2, 0) is 16.1 Å². The Morgan fingerprint density at radius 1 is 1.09 bits per heavy atom. The summed E-state index contributed by atoms with van der Waals surface area (Å²) in [6.07, 6.45) is 5.62. The highest BCUT2D eigenvalue weighted by Gasteiger charge is 2.46. The molecule has 1 amide bonds. The zero-order valence-corrected chi connectivity index (χ0v) is 17.0. The fourth-order valence-corrected chi connectivity index (χ4v) is 3.86. The van der Waals surface area contributed by atoms with E-state index in [1.54, 1.807) is 55.1 Å². The number of likely N-dealkylation sites (tertiary alicyclic amines) is 1. The molecule has 2 heterocycles. The van der Waals surface area contributed by atoms with E-state index in [4.69, 9.17) is 0 Å². The molecular weight excluding hydrogens is 412 g/mol. The predicted octanol–water partition coefficient (Wildman–Crippen LogP) is 3.30. The van der Waals surface area contributed by atoms with Crippen LogP contribution in [0.15, 0.2) is 78.9 Å². The van der Waals surface area contributed by atoms with E-state index in [1.807, 2.05) is 4.57 Å². The highest BCUT2D eigenvalue weighted by Crippen LogP contribution is 2.40. The summed E-state index contributed by atoms with van der Waals surface area (Å²) in [5.41, 5.74) is 0.536. The van der Waals surface area contributed by atoms with Crippen LogP contribution < -0.4 is 0 Å². The molecule has 0 bridgehead atoms. The standard InChI is InChI=1S/C23H20N4O5/c28-21(16-6-2-1-3-7-16)19-20(17-8-4-9-18(14-17)27(31)32)26(23(30)22(19)29)12-5-11-25-13-10-24-15-25/h1-4,6-10,13-15,20,28H,5,11-12H2/b21-19-. The third-order valence-electron chi connectivity index (χ3n) is 5.36. The maximum Gasteiger partial charge on any atom is 0.295 e. The van der Waals surface area contributed by atoms with Crippen molar-refractivity contribution >= 4 is 23.1 Å². The Morgan fingerprint density at radius 2 is 1.88 bits per heavy atom. The largest absolute Gasteiger partial charge is 0.507 e. The fourth-order valence-electron chi connectivity index (χ4n) is 3.86. The molecule has 3 aromatic rings. The van der Waals surface area contributed by atoms with Gasteiger partial charge in [-0.1, -0.05) is 42.5 Å². The Labute approximate surface area is 183 Å². The summed E-state index contributed by atoms with van der Waals surface area (Å²) in [6, 6.07) is 13.3. The summed E-state index contributed by atoms with van der Waals surface area (Å²) in [4.78, 5) is 42.0. The van der Waals surface area contributed by atoms with Gasteiger partial charge in [-0.3, -0.25) is 19.7 Å². The first kappa shape index (κ1) is 21.0. The number of carbonyl (C=O) groups excluding carboxylic acids is 2. The van der Waals surface area contributed by atoms with Crippen LogP contribution in [0.25, 0.3) is 5.76 Å². The van der Waals surface area contributed by atoms with E-state index in [2.05, 4.69) is 4.98 Å². The number of nitro benzene ring substituents is 1. The van der Waals surface area contributed by atoms with Crippen LogP contribution in [0.5, 0.6) is 0 Å². The Kier molecular flexibility index (Phi) is 5.80. The third-order valence-corrected chi connectivity index (χ3v) is 5.36. The van der Waals surface area contributed by atoms with Crippen molar-refractivity contribution in [1.29, 1.82) is 0 Å². The molecule has 1 atom stereocenters. The number of benzene rings is 2. The highest BCUT2D eigenvalue weighted by atomic mass is 16.6. The Hall–Kier alpha value is -4.27. The van der Waals surface area contributed by atoms with E-state index in [0.717, 1.165) is 0 Å². The average molecular weight is 432 g/mol. The van der Waals surface area contributed by atoms with E-state index in [9.17, 15) is 24.8 Å². The third kappa shape index (κ3) is 4.00. The SMILES string of the molecule is O=C1C(=O)N(CCCn2ccnc2)C(c2cccc([N+](=O)[O-])c2)/C1=C(/O)c1ccccc1. The van der Waals surface area contributed by atoms with Crippen LogP contribution in [-0.4, -0.2) is 42.7 Å². The lowest BCUT2D eigenvalue weighted by Crippen LogP contribution is -2.31. The van der Waals surface area contributed by atoms with Crippen molar-refractivity contribution in [2.75, 3.05) is 6.54 Å². The van der Waals surface area contributed by atoms with Crippen molar-refractivity contribution < 1.29 is 19.6 Å². The normalized spacial score (nSPS) is 17.6. The zero-order valence-electron chi connectivity index (χ0n) is 17.0. The number of ketones is 1. The van der Waals surface area contributed by atoms with Gasteiger partial charge < -0.3 is 14.6 Å². The number of hydrogen-bond acceptors (Lipinski definition) is 6. The topological polar surface area (TPSA) is 119 Å². The lowest BCUT2D eigenvalue weighted by Gasteiger charge is -2.25. The molecule has 1 aromatic heterocycles. The van der Waals surface area contributed by atoms with Gasteiger partial charge in [0.2, 0.25) is 0 Å². The molecule has 0 radical (unpaired) electrons. The summed E-state index contributed by atoms with van der Waals surface area (Å²) in [7, 11) is 0. The predicted molar refractivity (Wildman–Crippen MR) is 115 cm³/mol. The molecule has 1 aliphatic rings. The van der Waals surface area contributed by atoms with Crippen molar-refractivity contribution in [2.24, 2.45) is 0 Å². The van der Waals surface area contributed by atoms with Gasteiger partial charge in [-0.25, -0.2) is 4.98 Å². The second-order valence-electron chi connectivity index (χ2n) is 7.36. The van der Waals surface area contributed by atoms with Crippen LogP contribution in [0.2, 0.25) is 0 Å². The van der Waals surface area contributed by atoms with Crippen molar-refractivity contribution in [3.63, 3.8) is 0 Å². The van der Waals surface area contributed by atoms with Crippen LogP contribution >= 0.6 is 0 Å². The molecule has 1 N–H and O–H groups in total. The van der Waals surface area contributed by atoms with Gasteiger partial charge in [-0.2, -0.15) is 0 Å². The smallest absolute Gasteiger partial charge is 0.295 e. The quantitative estimate of drug-likeness (QED) is 0.201. The van der Waals surface area contributed by atoms with Crippen molar-refractivity contribution in [3.8, 4) is 0 Å². The first-order valence-electron chi connectivity index (χ1n) is 10.0. The molecule has 162 valence electrons. The first-order valence-corrected chi connectivity index (χ1v) is 10.0. The number of amides is 1. The second kappa shape index (κ2) is 8.84. The number of aliphatic hydroxyl groups excluding tert-OH is 1. The molecule has 4 rings (SSSR count). The molecule has 9 nitrogen and oxygen atoms in total. The number of carbonyl (C=O) groups is 2. The van der Waals surface area contributed by atoms with Crippen LogP contribution in [0.4, 0.5) is 5.69 Å². The molecular formula is C23H20N4O5. The lowest BCUT2D eigenvalue weighted by molar-refractivity contribution is -0.384. The molecule has 1 saturated heterocycles. The van der Waals surface area contributed by atoms with Crippen LogP contribution in [0.3, 0.4) is 0 Å². The molecule has 1 fully saturated rings. The number of rotatable bonds is 7. The number of nitrogens with zero attached hydrogens (tertiary/aromatic N) is 4. The summed E-state index contributed by atoms with van der Waals surface area (Å²) >= 11 is 0. The maximum atomic E-state index is 13.0. The number of hydrogen-bond donors (Lipinski definition) is 1. The van der Waals surface area contributed by atoms with Gasteiger partial charge in [0.1, 0.15) is 5.76 Å². The van der Waals surface area contributed by atoms with Gasteiger partial charge >= 0.3 is 0 Å². The molecule has 1 aliphatic heterocycles. The maximum absolute atomic E-state index is 13.0. The van der Waals surface area contributed by atoms with E-state index in [1.165, 1.54) is 23.1 Å². The Bertz CT molecular complexity index is 1190. The van der Waals surface area contributed by atoms with E-state index < -0.39 is 22.7 Å². The molecule has 1 unspecified atom stereocenters. The number of aryl methyl sites for hydroxylation is 1. The van der Waals surface area contributed by atoms with Gasteiger partial charge in [0.15, 0.2) is 0 Å². The minimum absolute atomic E-state index is 0.0793. The Balaban J connectivity index is 1.76. The van der Waals surface area contributed by atoms with E-state index in [0.29, 0.717) is 24.1 Å². The molecule has 9 heteroatoms. The average Bonchev–Trinajstić information content (AvgIpc) is 3.41. The summed E-state index contributed by atoms with van der Waals surface area (Å²) in [5, 5.41) is 22.3. The van der Waals surface area contributed by atoms with Crippen molar-refractivity contribution in [1.82, 2.24) is 14.5 Å². The molecule has 2 aromatic carbocycles. The zero-order chi connectivity index (χ0) is 22.7. The fraction of sp³-hybridized carbons (Fsp3) is 0.174. The molecule has 32 heavy (non-hydrogen) atoms. The highest BCUT2D eigenvalue weighted by molar-refractivity contribution is 6.46. The minimum Gasteiger partial charge on any atom is -0.507 e. The van der Waals surface area contributed by atoms with Gasteiger partial charge in [-0.05, 0) is 12.0 Å². The van der Waals surface area contributed by atoms with Crippen LogP contribution in [0.1, 0.15) is 23.6 Å².